The van der Waals surface area contributed by atoms with E-state index in [0.717, 1.165) is 11.3 Å². The van der Waals surface area contributed by atoms with Gasteiger partial charge in [0, 0.05) is 25.4 Å². The molecule has 35 heavy (non-hydrogen) atoms. The van der Waals surface area contributed by atoms with Crippen LogP contribution in [0.15, 0.2) is 0 Å². The fraction of sp³-hybridized carbons (Fsp3) is 0.810. The predicted molar refractivity (Wildman–Crippen MR) is 108 cm³/mol. The third-order valence-corrected chi connectivity index (χ3v) is 6.89. The number of fused-ring (bicyclic) bond motifs is 1. The lowest BCUT2D eigenvalue weighted by Crippen LogP contribution is -2.55. The number of ether oxygens (including phenoxy) is 1. The van der Waals surface area contributed by atoms with Crippen molar-refractivity contribution < 1.29 is 51.0 Å². The molecule has 3 aliphatic rings. The topological polar surface area (TPSA) is 125 Å². The van der Waals surface area contributed by atoms with Crippen LogP contribution in [0, 0.1) is 17.8 Å². The highest BCUT2D eigenvalue weighted by molar-refractivity contribution is 5.95. The summed E-state index contributed by atoms with van der Waals surface area (Å²) in [6.07, 6.45) is -9.14. The van der Waals surface area contributed by atoms with E-state index >= 15 is 0 Å². The Kier molecular flexibility index (Phi) is 8.67. The number of ketones is 1. The molecular formula is C21H28F5N3O6. The molecule has 2 heterocycles. The molecule has 198 valence electrons. The molecule has 3 fully saturated rings. The molecule has 0 radical (unpaired) electrons. The molecule has 9 nitrogen and oxygen atoms in total. The smallest absolute Gasteiger partial charge is 0.383 e. The third-order valence-electron chi connectivity index (χ3n) is 6.89. The first kappa shape index (κ1) is 27.2. The maximum Gasteiger partial charge on any atom is 0.522 e. The van der Waals surface area contributed by atoms with Crippen LogP contribution in [0.1, 0.15) is 38.5 Å². The monoisotopic (exact) mass is 513 g/mol. The average Bonchev–Trinajstić information content (AvgIpc) is 3.46. The van der Waals surface area contributed by atoms with Crippen molar-refractivity contribution in [2.24, 2.45) is 17.8 Å². The van der Waals surface area contributed by atoms with E-state index < -0.39 is 73.4 Å². The van der Waals surface area contributed by atoms with Gasteiger partial charge in [0.1, 0.15) is 18.8 Å². The minimum atomic E-state index is -5.08. The van der Waals surface area contributed by atoms with E-state index in [2.05, 4.69) is 15.4 Å². The number of carbonyl (C=O) groups excluding carboxylic acids is 4. The summed E-state index contributed by atoms with van der Waals surface area (Å²) in [5.41, 5.74) is 0. The SMILES string of the molecule is O=C1NCC[C@H]1C[C@H](NC(=O)[C@@H]1[C@H]2CCC[C@H]2CN1C(=O)[C@H](O)CC(F)F)C(=O)COC(F)(F)F. The van der Waals surface area contributed by atoms with Gasteiger partial charge in [-0.1, -0.05) is 6.42 Å². The second-order valence-corrected chi connectivity index (χ2v) is 9.21. The third kappa shape index (κ3) is 6.87. The van der Waals surface area contributed by atoms with E-state index in [1.807, 2.05) is 0 Å². The first-order valence-electron chi connectivity index (χ1n) is 11.5. The van der Waals surface area contributed by atoms with Crippen LogP contribution in [0.4, 0.5) is 22.0 Å². The van der Waals surface area contributed by atoms with Crippen molar-refractivity contribution in [2.75, 3.05) is 19.7 Å². The molecule has 1 saturated carbocycles. The molecule has 3 rings (SSSR count). The molecule has 0 aromatic carbocycles. The van der Waals surface area contributed by atoms with Crippen molar-refractivity contribution >= 4 is 23.5 Å². The quantitative estimate of drug-likeness (QED) is 0.371. The fourth-order valence-electron chi connectivity index (χ4n) is 5.27. The Morgan fingerprint density at radius 3 is 2.51 bits per heavy atom. The molecule has 2 aliphatic heterocycles. The zero-order chi connectivity index (χ0) is 25.9. The van der Waals surface area contributed by atoms with Gasteiger partial charge in [0.2, 0.25) is 18.2 Å². The zero-order valence-corrected chi connectivity index (χ0v) is 18.7. The van der Waals surface area contributed by atoms with Crippen LogP contribution >= 0.6 is 0 Å². The number of hydrogen-bond acceptors (Lipinski definition) is 6. The van der Waals surface area contributed by atoms with E-state index in [-0.39, 0.29) is 24.8 Å². The molecule has 0 aromatic heterocycles. The first-order chi connectivity index (χ1) is 16.4. The summed E-state index contributed by atoms with van der Waals surface area (Å²) in [6, 6.07) is -2.68. The van der Waals surface area contributed by atoms with Gasteiger partial charge in [-0.2, -0.15) is 0 Å². The Bertz CT molecular complexity index is 826. The van der Waals surface area contributed by atoms with Crippen molar-refractivity contribution in [1.82, 2.24) is 15.5 Å². The van der Waals surface area contributed by atoms with E-state index in [9.17, 15) is 46.2 Å². The van der Waals surface area contributed by atoms with Crippen LogP contribution in [-0.2, 0) is 23.9 Å². The van der Waals surface area contributed by atoms with Gasteiger partial charge < -0.3 is 20.6 Å². The summed E-state index contributed by atoms with van der Waals surface area (Å²) >= 11 is 0. The van der Waals surface area contributed by atoms with Crippen molar-refractivity contribution in [3.05, 3.63) is 0 Å². The first-order valence-corrected chi connectivity index (χ1v) is 11.5. The van der Waals surface area contributed by atoms with Gasteiger partial charge in [0.15, 0.2) is 5.78 Å². The van der Waals surface area contributed by atoms with Crippen LogP contribution in [0.3, 0.4) is 0 Å². The molecule has 3 amide bonds. The van der Waals surface area contributed by atoms with E-state index in [0.29, 0.717) is 25.8 Å². The van der Waals surface area contributed by atoms with Crippen LogP contribution < -0.4 is 10.6 Å². The Hall–Kier alpha value is -2.35. The summed E-state index contributed by atoms with van der Waals surface area (Å²) in [6.45, 7) is -1.01. The van der Waals surface area contributed by atoms with Crippen molar-refractivity contribution in [2.45, 2.75) is 69.5 Å². The van der Waals surface area contributed by atoms with Gasteiger partial charge in [0.25, 0.3) is 5.91 Å². The van der Waals surface area contributed by atoms with Crippen LogP contribution in [0.25, 0.3) is 0 Å². The zero-order valence-electron chi connectivity index (χ0n) is 18.7. The number of amides is 3. The second-order valence-electron chi connectivity index (χ2n) is 9.21. The number of alkyl halides is 5. The van der Waals surface area contributed by atoms with Crippen LogP contribution in [0.5, 0.6) is 0 Å². The minimum absolute atomic E-state index is 0.0582. The standard InChI is InChI=1S/C21H28F5N3O6/c22-16(23)7-14(30)20(34)29-8-11-2-1-3-12(11)17(29)19(33)28-13(6-10-4-5-27-18(10)32)15(31)9-35-21(24,25)26/h10-14,16-17,30H,1-9H2,(H,27,32)(H,28,33)/t10-,11-,12-,13-,14+,17-/m0/s1. The molecular weight excluding hydrogens is 485 g/mol. The number of likely N-dealkylation sites (tertiary alicyclic amines) is 1. The normalized spacial score (nSPS) is 28.1. The van der Waals surface area contributed by atoms with Crippen molar-refractivity contribution in [3.63, 3.8) is 0 Å². The Labute approximate surface area is 197 Å². The van der Waals surface area contributed by atoms with Crippen molar-refractivity contribution in [3.8, 4) is 0 Å². The summed E-state index contributed by atoms with van der Waals surface area (Å²) in [4.78, 5) is 51.5. The maximum atomic E-state index is 13.3. The largest absolute Gasteiger partial charge is 0.522 e. The summed E-state index contributed by atoms with van der Waals surface area (Å²) < 4.78 is 66.4. The highest BCUT2D eigenvalue weighted by Crippen LogP contribution is 2.42. The Morgan fingerprint density at radius 1 is 1.20 bits per heavy atom. The Balaban J connectivity index is 1.77. The van der Waals surface area contributed by atoms with Gasteiger partial charge in [-0.05, 0) is 37.5 Å². The number of carbonyl (C=O) groups is 4. The number of aliphatic hydroxyl groups is 1. The second kappa shape index (κ2) is 11.1. The lowest BCUT2D eigenvalue weighted by Gasteiger charge is -2.30. The summed E-state index contributed by atoms with van der Waals surface area (Å²) in [5.74, 6) is -4.58. The van der Waals surface area contributed by atoms with Gasteiger partial charge >= 0.3 is 6.36 Å². The molecule has 1 aliphatic carbocycles. The van der Waals surface area contributed by atoms with E-state index in [1.165, 1.54) is 0 Å². The Morgan fingerprint density at radius 2 is 1.91 bits per heavy atom. The number of aliphatic hydroxyl groups excluding tert-OH is 1. The van der Waals surface area contributed by atoms with Gasteiger partial charge in [0.05, 0.1) is 6.04 Å². The number of hydrogen-bond donors (Lipinski definition) is 3. The van der Waals surface area contributed by atoms with Gasteiger partial charge in [-0.15, -0.1) is 13.2 Å². The van der Waals surface area contributed by atoms with Crippen LogP contribution in [-0.4, -0.2) is 84.2 Å². The van der Waals surface area contributed by atoms with E-state index in [4.69, 9.17) is 0 Å². The molecule has 6 atom stereocenters. The van der Waals surface area contributed by atoms with Gasteiger partial charge in [-0.25, -0.2) is 8.78 Å². The predicted octanol–water partition coefficient (Wildman–Crippen LogP) is 0.746. The molecule has 0 aromatic rings. The molecule has 0 unspecified atom stereocenters. The average molecular weight is 513 g/mol. The lowest BCUT2D eigenvalue weighted by atomic mass is 9.92. The number of halogens is 5. The van der Waals surface area contributed by atoms with Crippen LogP contribution in [0.2, 0.25) is 0 Å². The summed E-state index contributed by atoms with van der Waals surface area (Å²) in [5, 5.41) is 14.8. The maximum absolute atomic E-state index is 13.3. The summed E-state index contributed by atoms with van der Waals surface area (Å²) in [7, 11) is 0. The molecule has 14 heteroatoms. The fourth-order valence-corrected chi connectivity index (χ4v) is 5.27. The molecule has 0 bridgehead atoms. The highest BCUT2D eigenvalue weighted by atomic mass is 19.4. The lowest BCUT2D eigenvalue weighted by molar-refractivity contribution is -0.321. The number of nitrogens with zero attached hydrogens (tertiary/aromatic N) is 1. The number of rotatable bonds is 10. The highest BCUT2D eigenvalue weighted by Gasteiger charge is 2.51. The number of nitrogens with one attached hydrogen (secondary N) is 2. The molecule has 0 spiro atoms. The minimum Gasteiger partial charge on any atom is -0.383 e. The van der Waals surface area contributed by atoms with E-state index in [1.54, 1.807) is 0 Å². The molecule has 3 N–H and O–H groups in total. The number of Topliss-reactive ketones (excluding diaryl/α,β-unsaturated/α-hetero) is 1. The molecule has 2 saturated heterocycles. The van der Waals surface area contributed by atoms with Crippen molar-refractivity contribution in [1.29, 1.82) is 0 Å². The van der Waals surface area contributed by atoms with Gasteiger partial charge in [-0.3, -0.25) is 23.9 Å².